The second-order valence-corrected chi connectivity index (χ2v) is 5.16. The Morgan fingerprint density at radius 3 is 2.70 bits per heavy atom. The van der Waals surface area contributed by atoms with E-state index in [1.807, 2.05) is 19.9 Å². The highest BCUT2D eigenvalue weighted by Crippen LogP contribution is 2.30. The summed E-state index contributed by atoms with van der Waals surface area (Å²) in [6, 6.07) is 4.34. The molecule has 0 spiro atoms. The van der Waals surface area contributed by atoms with Gasteiger partial charge in [0.1, 0.15) is 5.82 Å². The van der Waals surface area contributed by atoms with Gasteiger partial charge in [0.05, 0.1) is 4.47 Å². The number of rotatable bonds is 4. The zero-order chi connectivity index (χ0) is 14.7. The molecule has 1 N–H and O–H groups in total. The van der Waals surface area contributed by atoms with Crippen LogP contribution in [0.15, 0.2) is 22.7 Å². The van der Waals surface area contributed by atoms with Crippen molar-refractivity contribution in [1.29, 1.82) is 0 Å². The Morgan fingerprint density at radius 2 is 2.00 bits per heavy atom. The SMILES string of the molecule is CCCNc1cc(C)nc(-c2ccc(F)c(F)c2Br)n1. The van der Waals surface area contributed by atoms with Crippen molar-refractivity contribution in [2.45, 2.75) is 20.3 Å². The van der Waals surface area contributed by atoms with E-state index in [1.165, 1.54) is 6.07 Å². The topological polar surface area (TPSA) is 37.8 Å². The van der Waals surface area contributed by atoms with Gasteiger partial charge in [-0.2, -0.15) is 0 Å². The van der Waals surface area contributed by atoms with Crippen LogP contribution in [0.1, 0.15) is 19.0 Å². The van der Waals surface area contributed by atoms with E-state index in [2.05, 4.69) is 31.2 Å². The maximum atomic E-state index is 13.6. The zero-order valence-electron chi connectivity index (χ0n) is 11.2. The number of nitrogens with zero attached hydrogens (tertiary/aromatic N) is 2. The Labute approximate surface area is 124 Å². The van der Waals surface area contributed by atoms with Gasteiger partial charge in [0, 0.05) is 23.9 Å². The van der Waals surface area contributed by atoms with Crippen LogP contribution in [-0.4, -0.2) is 16.5 Å². The molecule has 0 aliphatic rings. The van der Waals surface area contributed by atoms with E-state index in [0.29, 0.717) is 17.2 Å². The molecule has 0 saturated carbocycles. The first-order chi connectivity index (χ1) is 9.52. The second-order valence-electron chi connectivity index (χ2n) is 4.37. The summed E-state index contributed by atoms with van der Waals surface area (Å²) < 4.78 is 26.8. The third-order valence-electron chi connectivity index (χ3n) is 2.69. The summed E-state index contributed by atoms with van der Waals surface area (Å²) in [5.41, 5.74) is 1.18. The van der Waals surface area contributed by atoms with Gasteiger partial charge in [-0.3, -0.25) is 0 Å². The molecule has 0 radical (unpaired) electrons. The fourth-order valence-electron chi connectivity index (χ4n) is 1.73. The molecule has 6 heteroatoms. The van der Waals surface area contributed by atoms with Gasteiger partial charge in [0.25, 0.3) is 0 Å². The number of hydrogen-bond donors (Lipinski definition) is 1. The molecule has 1 aromatic carbocycles. The predicted molar refractivity (Wildman–Crippen MR) is 78.6 cm³/mol. The van der Waals surface area contributed by atoms with Gasteiger partial charge in [-0.05, 0) is 41.4 Å². The van der Waals surface area contributed by atoms with Crippen LogP contribution < -0.4 is 5.32 Å². The number of aryl methyl sites for hydroxylation is 1. The molecule has 20 heavy (non-hydrogen) atoms. The minimum absolute atomic E-state index is 0.0320. The minimum Gasteiger partial charge on any atom is -0.370 e. The summed E-state index contributed by atoms with van der Waals surface area (Å²) in [6.07, 6.45) is 0.966. The molecule has 0 bridgehead atoms. The van der Waals surface area contributed by atoms with E-state index in [1.54, 1.807) is 0 Å². The molecular weight excluding hydrogens is 328 g/mol. The van der Waals surface area contributed by atoms with E-state index in [0.717, 1.165) is 24.7 Å². The standard InChI is InChI=1S/C14H14BrF2N3/c1-3-6-18-11-7-8(2)19-14(20-11)9-4-5-10(16)13(17)12(9)15/h4-5,7H,3,6H2,1-2H3,(H,18,19,20). The third kappa shape index (κ3) is 3.12. The molecule has 106 valence electrons. The van der Waals surface area contributed by atoms with Crippen LogP contribution in [0.2, 0.25) is 0 Å². The van der Waals surface area contributed by atoms with E-state index in [4.69, 9.17) is 0 Å². The maximum Gasteiger partial charge on any atom is 0.173 e. The average molecular weight is 342 g/mol. The van der Waals surface area contributed by atoms with Crippen LogP contribution in [0.5, 0.6) is 0 Å². The Hall–Kier alpha value is -1.56. The van der Waals surface area contributed by atoms with E-state index < -0.39 is 11.6 Å². The van der Waals surface area contributed by atoms with Crippen LogP contribution in [0, 0.1) is 18.6 Å². The summed E-state index contributed by atoms with van der Waals surface area (Å²) in [5, 5.41) is 3.16. The molecule has 0 amide bonds. The van der Waals surface area contributed by atoms with Gasteiger partial charge in [-0.25, -0.2) is 18.7 Å². The lowest BCUT2D eigenvalue weighted by Crippen LogP contribution is -2.05. The molecule has 0 aliphatic carbocycles. The van der Waals surface area contributed by atoms with Crippen molar-refractivity contribution < 1.29 is 8.78 Å². The molecular formula is C14H14BrF2N3. The maximum absolute atomic E-state index is 13.6. The lowest BCUT2D eigenvalue weighted by molar-refractivity contribution is 0.504. The van der Waals surface area contributed by atoms with Crippen LogP contribution in [0.25, 0.3) is 11.4 Å². The lowest BCUT2D eigenvalue weighted by atomic mass is 10.2. The fourth-order valence-corrected chi connectivity index (χ4v) is 2.23. The number of halogens is 3. The quantitative estimate of drug-likeness (QED) is 0.841. The number of benzene rings is 1. The first-order valence-corrected chi connectivity index (χ1v) is 7.05. The second kappa shape index (κ2) is 6.26. The van der Waals surface area contributed by atoms with Crippen molar-refractivity contribution in [1.82, 2.24) is 9.97 Å². The van der Waals surface area contributed by atoms with E-state index >= 15 is 0 Å². The van der Waals surface area contributed by atoms with Gasteiger partial charge in [-0.1, -0.05) is 6.92 Å². The fraction of sp³-hybridized carbons (Fsp3) is 0.286. The molecule has 2 rings (SSSR count). The van der Waals surface area contributed by atoms with Crippen molar-refractivity contribution in [2.24, 2.45) is 0 Å². The Bertz CT molecular complexity index is 632. The summed E-state index contributed by atoms with van der Waals surface area (Å²) in [4.78, 5) is 8.61. The summed E-state index contributed by atoms with van der Waals surface area (Å²) in [6.45, 7) is 4.67. The first-order valence-electron chi connectivity index (χ1n) is 6.26. The summed E-state index contributed by atoms with van der Waals surface area (Å²) in [7, 11) is 0. The molecule has 0 atom stereocenters. The Balaban J connectivity index is 2.47. The van der Waals surface area contributed by atoms with Crippen molar-refractivity contribution in [3.05, 3.63) is 40.0 Å². The Morgan fingerprint density at radius 1 is 1.25 bits per heavy atom. The monoisotopic (exact) mass is 341 g/mol. The van der Waals surface area contributed by atoms with Gasteiger partial charge in [0.15, 0.2) is 17.5 Å². The van der Waals surface area contributed by atoms with E-state index in [9.17, 15) is 8.78 Å². The highest BCUT2D eigenvalue weighted by molar-refractivity contribution is 9.10. The van der Waals surface area contributed by atoms with Gasteiger partial charge in [0.2, 0.25) is 0 Å². The van der Waals surface area contributed by atoms with Crippen LogP contribution in [-0.2, 0) is 0 Å². The molecule has 1 aromatic heterocycles. The zero-order valence-corrected chi connectivity index (χ0v) is 12.8. The Kier molecular flexibility index (Phi) is 4.65. The van der Waals surface area contributed by atoms with Crippen LogP contribution in [0.4, 0.5) is 14.6 Å². The number of nitrogens with one attached hydrogen (secondary N) is 1. The van der Waals surface area contributed by atoms with Crippen LogP contribution in [0.3, 0.4) is 0 Å². The first kappa shape index (κ1) is 14.8. The van der Waals surface area contributed by atoms with Gasteiger partial charge < -0.3 is 5.32 Å². The molecule has 0 fully saturated rings. The molecule has 3 nitrogen and oxygen atoms in total. The molecule has 0 aliphatic heterocycles. The van der Waals surface area contributed by atoms with Crippen molar-refractivity contribution in [2.75, 3.05) is 11.9 Å². The van der Waals surface area contributed by atoms with Crippen molar-refractivity contribution in [3.8, 4) is 11.4 Å². The highest BCUT2D eigenvalue weighted by Gasteiger charge is 2.15. The summed E-state index contributed by atoms with van der Waals surface area (Å²) >= 11 is 3.05. The summed E-state index contributed by atoms with van der Waals surface area (Å²) in [5.74, 6) is -0.811. The lowest BCUT2D eigenvalue weighted by Gasteiger charge is -2.09. The predicted octanol–water partition coefficient (Wildman–Crippen LogP) is 4.31. The largest absolute Gasteiger partial charge is 0.370 e. The minimum atomic E-state index is -0.935. The normalized spacial score (nSPS) is 10.7. The molecule has 2 aromatic rings. The highest BCUT2D eigenvalue weighted by atomic mass is 79.9. The molecule has 0 saturated heterocycles. The van der Waals surface area contributed by atoms with Gasteiger partial charge in [-0.15, -0.1) is 0 Å². The smallest absolute Gasteiger partial charge is 0.173 e. The van der Waals surface area contributed by atoms with Crippen LogP contribution >= 0.6 is 15.9 Å². The van der Waals surface area contributed by atoms with Gasteiger partial charge >= 0.3 is 0 Å². The number of hydrogen-bond acceptors (Lipinski definition) is 3. The molecule has 0 unspecified atom stereocenters. The van der Waals surface area contributed by atoms with Crippen molar-refractivity contribution in [3.63, 3.8) is 0 Å². The van der Waals surface area contributed by atoms with Crippen molar-refractivity contribution >= 4 is 21.7 Å². The average Bonchev–Trinajstić information content (AvgIpc) is 2.42. The number of aromatic nitrogens is 2. The van der Waals surface area contributed by atoms with E-state index in [-0.39, 0.29) is 4.47 Å². The molecule has 1 heterocycles. The number of anilines is 1. The third-order valence-corrected chi connectivity index (χ3v) is 3.46.